The molecular formula is C26H32F3N3O2S. The number of para-hydroxylation sites is 1. The molecule has 0 radical (unpaired) electrons. The first-order valence-corrected chi connectivity index (χ1v) is 12.7. The Balaban J connectivity index is 1.35. The molecule has 0 amide bonds. The molecule has 1 saturated heterocycles. The van der Waals surface area contributed by atoms with E-state index in [2.05, 4.69) is 9.80 Å². The highest BCUT2D eigenvalue weighted by atomic mass is 32.2. The van der Waals surface area contributed by atoms with E-state index in [0.717, 1.165) is 60.7 Å². The lowest BCUT2D eigenvalue weighted by molar-refractivity contribution is -0.156. The number of fused-ring (bicyclic) bond motifs is 2. The van der Waals surface area contributed by atoms with Crippen LogP contribution in [0, 0.1) is 0 Å². The van der Waals surface area contributed by atoms with Gasteiger partial charge in [-0.3, -0.25) is 9.69 Å². The highest BCUT2D eigenvalue weighted by Gasteiger charge is 2.33. The molecule has 0 N–H and O–H groups in total. The van der Waals surface area contributed by atoms with Gasteiger partial charge < -0.3 is 14.5 Å². The van der Waals surface area contributed by atoms with E-state index in [1.54, 1.807) is 6.07 Å². The summed E-state index contributed by atoms with van der Waals surface area (Å²) in [6, 6.07) is 11.9. The van der Waals surface area contributed by atoms with E-state index in [1.807, 2.05) is 49.9 Å². The SMILES string of the molecule is CC(C)(C)OC(=O)CN1CCN(CCCN2c3ccccc3Sc3ccc(C(F)(F)F)cc32)CC1. The number of carbonyl (C=O) groups excluding carboxylic acids is 1. The minimum atomic E-state index is -4.37. The first-order chi connectivity index (χ1) is 16.5. The summed E-state index contributed by atoms with van der Waals surface area (Å²) >= 11 is 1.51. The summed E-state index contributed by atoms with van der Waals surface area (Å²) < 4.78 is 45.6. The maximum Gasteiger partial charge on any atom is 0.416 e. The first-order valence-electron chi connectivity index (χ1n) is 11.9. The Kier molecular flexibility index (Phi) is 7.68. The quantitative estimate of drug-likeness (QED) is 0.470. The van der Waals surface area contributed by atoms with Crippen LogP contribution in [0.4, 0.5) is 24.5 Å². The second-order valence-electron chi connectivity index (χ2n) is 9.96. The maximum absolute atomic E-state index is 13.4. The third kappa shape index (κ3) is 6.71. The zero-order valence-corrected chi connectivity index (χ0v) is 21.2. The van der Waals surface area contributed by atoms with Gasteiger partial charge in [0.2, 0.25) is 0 Å². The molecule has 1 fully saturated rings. The van der Waals surface area contributed by atoms with Crippen LogP contribution >= 0.6 is 11.8 Å². The zero-order chi connectivity index (χ0) is 25.2. The summed E-state index contributed by atoms with van der Waals surface area (Å²) in [6.45, 7) is 10.7. The molecule has 2 aliphatic rings. The number of rotatable bonds is 6. The van der Waals surface area contributed by atoms with Crippen molar-refractivity contribution in [2.75, 3.05) is 50.7 Å². The minimum absolute atomic E-state index is 0.204. The Labute approximate surface area is 209 Å². The molecule has 9 heteroatoms. The van der Waals surface area contributed by atoms with Crippen LogP contribution in [0.3, 0.4) is 0 Å². The maximum atomic E-state index is 13.4. The average molecular weight is 508 g/mol. The van der Waals surface area contributed by atoms with Gasteiger partial charge in [0.05, 0.1) is 23.5 Å². The van der Waals surface area contributed by atoms with Gasteiger partial charge in [-0.15, -0.1) is 0 Å². The van der Waals surface area contributed by atoms with Crippen LogP contribution in [0.5, 0.6) is 0 Å². The van der Waals surface area contributed by atoms with Crippen molar-refractivity contribution in [2.24, 2.45) is 0 Å². The largest absolute Gasteiger partial charge is 0.459 e. The zero-order valence-electron chi connectivity index (χ0n) is 20.4. The van der Waals surface area contributed by atoms with E-state index in [0.29, 0.717) is 18.8 Å². The van der Waals surface area contributed by atoms with Crippen LogP contribution in [-0.2, 0) is 15.7 Å². The Morgan fingerprint density at radius 2 is 1.57 bits per heavy atom. The van der Waals surface area contributed by atoms with Crippen LogP contribution in [0.15, 0.2) is 52.3 Å². The molecule has 2 aliphatic heterocycles. The molecule has 5 nitrogen and oxygen atoms in total. The lowest BCUT2D eigenvalue weighted by atomic mass is 10.1. The normalized spacial score (nSPS) is 17.1. The van der Waals surface area contributed by atoms with E-state index < -0.39 is 17.3 Å². The molecule has 4 rings (SSSR count). The van der Waals surface area contributed by atoms with Gasteiger partial charge in [-0.1, -0.05) is 23.9 Å². The fraction of sp³-hybridized carbons (Fsp3) is 0.500. The number of hydrogen-bond acceptors (Lipinski definition) is 6. The molecule has 35 heavy (non-hydrogen) atoms. The van der Waals surface area contributed by atoms with E-state index in [4.69, 9.17) is 4.74 Å². The van der Waals surface area contributed by atoms with Gasteiger partial charge in [0, 0.05) is 42.5 Å². The molecule has 2 aromatic carbocycles. The Morgan fingerprint density at radius 1 is 0.914 bits per heavy atom. The second-order valence-corrected chi connectivity index (χ2v) is 11.0. The van der Waals surface area contributed by atoms with Crippen LogP contribution in [0.25, 0.3) is 0 Å². The number of halogens is 3. The third-order valence-electron chi connectivity index (χ3n) is 6.05. The topological polar surface area (TPSA) is 36.0 Å². The molecule has 0 saturated carbocycles. The monoisotopic (exact) mass is 507 g/mol. The van der Waals surface area contributed by atoms with Crippen molar-refractivity contribution < 1.29 is 22.7 Å². The van der Waals surface area contributed by atoms with Crippen LogP contribution in [0.2, 0.25) is 0 Å². The number of piperazine rings is 1. The van der Waals surface area contributed by atoms with Crippen molar-refractivity contribution in [1.29, 1.82) is 0 Å². The lowest BCUT2D eigenvalue weighted by Gasteiger charge is -2.36. The Morgan fingerprint density at radius 3 is 2.26 bits per heavy atom. The molecule has 0 unspecified atom stereocenters. The molecule has 0 bridgehead atoms. The highest BCUT2D eigenvalue weighted by Crippen LogP contribution is 2.49. The Bertz CT molecular complexity index is 1050. The smallest absolute Gasteiger partial charge is 0.416 e. The average Bonchev–Trinajstić information content (AvgIpc) is 2.77. The van der Waals surface area contributed by atoms with Gasteiger partial charge in [-0.05, 0) is 64.1 Å². The summed E-state index contributed by atoms with van der Waals surface area (Å²) in [5.41, 5.74) is 0.462. The van der Waals surface area contributed by atoms with Gasteiger partial charge >= 0.3 is 12.1 Å². The van der Waals surface area contributed by atoms with Crippen molar-refractivity contribution in [3.63, 3.8) is 0 Å². The van der Waals surface area contributed by atoms with Crippen molar-refractivity contribution in [3.8, 4) is 0 Å². The third-order valence-corrected chi connectivity index (χ3v) is 7.18. The summed E-state index contributed by atoms with van der Waals surface area (Å²) in [6.07, 6.45) is -3.55. The molecule has 2 aromatic rings. The minimum Gasteiger partial charge on any atom is -0.459 e. The lowest BCUT2D eigenvalue weighted by Crippen LogP contribution is -2.49. The number of nitrogens with zero attached hydrogens (tertiary/aromatic N) is 3. The van der Waals surface area contributed by atoms with Crippen molar-refractivity contribution in [2.45, 2.75) is 48.8 Å². The van der Waals surface area contributed by atoms with Gasteiger partial charge in [0.25, 0.3) is 0 Å². The number of benzene rings is 2. The van der Waals surface area contributed by atoms with Crippen molar-refractivity contribution >= 4 is 29.1 Å². The van der Waals surface area contributed by atoms with Gasteiger partial charge in [0.15, 0.2) is 0 Å². The number of esters is 1. The Hall–Kier alpha value is -2.23. The summed E-state index contributed by atoms with van der Waals surface area (Å²) in [7, 11) is 0. The fourth-order valence-corrected chi connectivity index (χ4v) is 5.50. The number of ether oxygens (including phenoxy) is 1. The van der Waals surface area contributed by atoms with E-state index in [1.165, 1.54) is 17.8 Å². The van der Waals surface area contributed by atoms with Crippen LogP contribution in [0.1, 0.15) is 32.8 Å². The van der Waals surface area contributed by atoms with Gasteiger partial charge in [-0.25, -0.2) is 0 Å². The first kappa shape index (κ1) is 25.9. The van der Waals surface area contributed by atoms with Crippen LogP contribution < -0.4 is 4.90 Å². The van der Waals surface area contributed by atoms with Crippen LogP contribution in [-0.4, -0.2) is 67.2 Å². The van der Waals surface area contributed by atoms with Gasteiger partial charge in [0.1, 0.15) is 5.60 Å². The number of anilines is 2. The highest BCUT2D eigenvalue weighted by molar-refractivity contribution is 7.99. The van der Waals surface area contributed by atoms with E-state index >= 15 is 0 Å². The molecule has 0 spiro atoms. The molecule has 190 valence electrons. The summed E-state index contributed by atoms with van der Waals surface area (Å²) in [5.74, 6) is -0.204. The molecule has 2 heterocycles. The van der Waals surface area contributed by atoms with Crippen molar-refractivity contribution in [3.05, 3.63) is 48.0 Å². The summed E-state index contributed by atoms with van der Waals surface area (Å²) in [4.78, 5) is 20.5. The van der Waals surface area contributed by atoms with Gasteiger partial charge in [-0.2, -0.15) is 13.2 Å². The standard InChI is InChI=1S/C26H32F3N3O2S/c1-25(2,3)34-24(33)18-31-15-13-30(14-16-31)11-6-12-32-20-7-4-5-8-22(20)35-23-10-9-19(17-21(23)32)26(27,28)29/h4-5,7-10,17H,6,11-16,18H2,1-3H3. The second kappa shape index (κ2) is 10.4. The number of carbonyl (C=O) groups is 1. The van der Waals surface area contributed by atoms with Crippen molar-refractivity contribution in [1.82, 2.24) is 9.80 Å². The molecule has 0 atom stereocenters. The number of hydrogen-bond donors (Lipinski definition) is 0. The summed E-state index contributed by atoms with van der Waals surface area (Å²) in [5, 5.41) is 0. The molecule has 0 aliphatic carbocycles. The van der Waals surface area contributed by atoms with E-state index in [9.17, 15) is 18.0 Å². The molecule has 0 aromatic heterocycles. The molecular weight excluding hydrogens is 475 g/mol. The fourth-order valence-electron chi connectivity index (χ4n) is 4.43. The predicted molar refractivity (Wildman–Crippen MR) is 132 cm³/mol. The number of alkyl halides is 3. The van der Waals surface area contributed by atoms with E-state index in [-0.39, 0.29) is 5.97 Å². The predicted octanol–water partition coefficient (Wildman–Crippen LogP) is 5.66.